The molecule has 2 N–H and O–H groups in total. The number of ether oxygens (including phenoxy) is 1. The van der Waals surface area contributed by atoms with E-state index in [9.17, 15) is 14.0 Å². The molecule has 2 rings (SSSR count). The minimum atomic E-state index is -0.679. The van der Waals surface area contributed by atoms with Gasteiger partial charge >= 0.3 is 5.97 Å². The molecule has 0 saturated carbocycles. The van der Waals surface area contributed by atoms with Crippen LogP contribution in [0.25, 0.3) is 11.3 Å². The number of aromatic nitrogens is 2. The highest BCUT2D eigenvalue weighted by Gasteiger charge is 2.19. The van der Waals surface area contributed by atoms with Gasteiger partial charge < -0.3 is 10.1 Å². The number of amides is 1. The first-order valence-corrected chi connectivity index (χ1v) is 7.04. The van der Waals surface area contributed by atoms with E-state index in [0.29, 0.717) is 11.3 Å². The van der Waals surface area contributed by atoms with Gasteiger partial charge in [-0.05, 0) is 45.0 Å². The zero-order valence-electron chi connectivity index (χ0n) is 13.1. The molecule has 0 fully saturated rings. The summed E-state index contributed by atoms with van der Waals surface area (Å²) in [6.07, 6.45) is 1.31. The van der Waals surface area contributed by atoms with E-state index in [1.54, 1.807) is 0 Å². The van der Waals surface area contributed by atoms with Crippen molar-refractivity contribution in [3.8, 4) is 11.3 Å². The number of nitrogens with zero attached hydrogens (tertiary/aromatic N) is 1. The molecule has 0 aliphatic heterocycles. The predicted molar refractivity (Wildman–Crippen MR) is 82.2 cm³/mol. The van der Waals surface area contributed by atoms with Crippen molar-refractivity contribution in [2.45, 2.75) is 26.3 Å². The van der Waals surface area contributed by atoms with E-state index in [4.69, 9.17) is 4.74 Å². The first-order valence-electron chi connectivity index (χ1n) is 7.04. The maximum atomic E-state index is 13.0. The first-order chi connectivity index (χ1) is 10.8. The van der Waals surface area contributed by atoms with E-state index in [-0.39, 0.29) is 18.0 Å². The highest BCUT2D eigenvalue weighted by atomic mass is 19.1. The standard InChI is InChI=1S/C16H18FN3O3/c1-16(2,3)19-13(21)9-23-15(22)12-8-18-20-14(12)10-4-6-11(17)7-5-10/h4-8H,9H2,1-3H3,(H,18,20)(H,19,21). The summed E-state index contributed by atoms with van der Waals surface area (Å²) in [6, 6.07) is 5.60. The number of esters is 1. The number of halogens is 1. The third-order valence-corrected chi connectivity index (χ3v) is 2.84. The lowest BCUT2D eigenvalue weighted by atomic mass is 10.1. The van der Waals surface area contributed by atoms with Crippen LogP contribution in [0.3, 0.4) is 0 Å². The molecule has 23 heavy (non-hydrogen) atoms. The van der Waals surface area contributed by atoms with Crippen LogP contribution in [-0.2, 0) is 9.53 Å². The van der Waals surface area contributed by atoms with Gasteiger partial charge in [0.25, 0.3) is 5.91 Å². The summed E-state index contributed by atoms with van der Waals surface area (Å²) >= 11 is 0. The Morgan fingerprint density at radius 2 is 1.91 bits per heavy atom. The second-order valence-corrected chi connectivity index (χ2v) is 6.04. The van der Waals surface area contributed by atoms with Crippen LogP contribution in [0.4, 0.5) is 4.39 Å². The number of aromatic amines is 1. The van der Waals surface area contributed by atoms with E-state index >= 15 is 0 Å². The van der Waals surface area contributed by atoms with Crippen molar-refractivity contribution in [1.82, 2.24) is 15.5 Å². The van der Waals surface area contributed by atoms with Crippen molar-refractivity contribution in [3.05, 3.63) is 41.8 Å². The van der Waals surface area contributed by atoms with Gasteiger partial charge in [-0.15, -0.1) is 0 Å². The van der Waals surface area contributed by atoms with Crippen molar-refractivity contribution in [2.75, 3.05) is 6.61 Å². The van der Waals surface area contributed by atoms with Crippen molar-refractivity contribution in [1.29, 1.82) is 0 Å². The van der Waals surface area contributed by atoms with Crippen LogP contribution in [0.5, 0.6) is 0 Å². The van der Waals surface area contributed by atoms with Gasteiger partial charge in [-0.1, -0.05) is 0 Å². The van der Waals surface area contributed by atoms with Crippen LogP contribution >= 0.6 is 0 Å². The van der Waals surface area contributed by atoms with E-state index < -0.39 is 17.4 Å². The van der Waals surface area contributed by atoms with E-state index in [2.05, 4.69) is 15.5 Å². The molecule has 1 aromatic carbocycles. The van der Waals surface area contributed by atoms with E-state index in [0.717, 1.165) is 0 Å². The summed E-state index contributed by atoms with van der Waals surface area (Å²) in [4.78, 5) is 23.8. The Balaban J connectivity index is 2.05. The maximum absolute atomic E-state index is 13.0. The predicted octanol–water partition coefficient (Wildman–Crippen LogP) is 2.29. The Morgan fingerprint density at radius 3 is 2.52 bits per heavy atom. The third kappa shape index (κ3) is 4.64. The molecule has 6 nitrogen and oxygen atoms in total. The van der Waals surface area contributed by atoms with E-state index in [1.807, 2.05) is 20.8 Å². The molecule has 0 atom stereocenters. The van der Waals surface area contributed by atoms with Gasteiger partial charge in [0.05, 0.1) is 11.9 Å². The molecule has 0 aliphatic rings. The highest BCUT2D eigenvalue weighted by molar-refractivity contribution is 5.97. The van der Waals surface area contributed by atoms with Gasteiger partial charge in [0.1, 0.15) is 11.4 Å². The largest absolute Gasteiger partial charge is 0.452 e. The number of carbonyl (C=O) groups is 2. The quantitative estimate of drug-likeness (QED) is 0.847. The van der Waals surface area contributed by atoms with Crippen LogP contribution in [0.2, 0.25) is 0 Å². The summed E-state index contributed by atoms with van der Waals surface area (Å²) in [5, 5.41) is 9.17. The van der Waals surface area contributed by atoms with Gasteiger partial charge in [-0.2, -0.15) is 5.10 Å². The Hall–Kier alpha value is -2.70. The normalized spacial score (nSPS) is 11.1. The Morgan fingerprint density at radius 1 is 1.26 bits per heavy atom. The molecule has 1 amide bonds. The van der Waals surface area contributed by atoms with Crippen LogP contribution in [0.15, 0.2) is 30.5 Å². The highest BCUT2D eigenvalue weighted by Crippen LogP contribution is 2.21. The van der Waals surface area contributed by atoms with Crippen LogP contribution in [-0.4, -0.2) is 34.2 Å². The molecule has 0 aliphatic carbocycles. The minimum absolute atomic E-state index is 0.181. The lowest BCUT2D eigenvalue weighted by Crippen LogP contribution is -2.42. The summed E-state index contributed by atoms with van der Waals surface area (Å²) in [7, 11) is 0. The lowest BCUT2D eigenvalue weighted by Gasteiger charge is -2.20. The fourth-order valence-electron chi connectivity index (χ4n) is 1.94. The molecule has 0 spiro atoms. The number of hydrogen-bond acceptors (Lipinski definition) is 4. The lowest BCUT2D eigenvalue weighted by molar-refractivity contribution is -0.125. The topological polar surface area (TPSA) is 84.1 Å². The molecule has 0 bridgehead atoms. The molecule has 1 aromatic heterocycles. The fourth-order valence-corrected chi connectivity index (χ4v) is 1.94. The van der Waals surface area contributed by atoms with Crippen LogP contribution in [0, 0.1) is 5.82 Å². The zero-order chi connectivity index (χ0) is 17.0. The van der Waals surface area contributed by atoms with Gasteiger partial charge in [0.15, 0.2) is 6.61 Å². The molecule has 0 radical (unpaired) electrons. The Bertz CT molecular complexity index is 702. The summed E-state index contributed by atoms with van der Waals surface area (Å²) in [5.74, 6) is -1.45. The molecular formula is C16H18FN3O3. The van der Waals surface area contributed by atoms with Crippen molar-refractivity contribution in [2.24, 2.45) is 0 Å². The monoisotopic (exact) mass is 319 g/mol. The molecule has 0 unspecified atom stereocenters. The number of H-pyrrole nitrogens is 1. The maximum Gasteiger partial charge on any atom is 0.342 e. The molecule has 2 aromatic rings. The molecular weight excluding hydrogens is 301 g/mol. The average molecular weight is 319 g/mol. The van der Waals surface area contributed by atoms with Gasteiger partial charge in [0, 0.05) is 11.1 Å². The summed E-state index contributed by atoms with van der Waals surface area (Å²) < 4.78 is 18.0. The summed E-state index contributed by atoms with van der Waals surface area (Å²) in [6.45, 7) is 5.10. The number of carbonyl (C=O) groups excluding carboxylic acids is 2. The van der Waals surface area contributed by atoms with Crippen LogP contribution in [0.1, 0.15) is 31.1 Å². The van der Waals surface area contributed by atoms with Gasteiger partial charge in [-0.25, -0.2) is 9.18 Å². The molecule has 122 valence electrons. The fraction of sp³-hybridized carbons (Fsp3) is 0.312. The first kappa shape index (κ1) is 16.7. The number of nitrogens with one attached hydrogen (secondary N) is 2. The Labute approximate surface area is 133 Å². The summed E-state index contributed by atoms with van der Waals surface area (Å²) in [5.41, 5.74) is 0.777. The van der Waals surface area contributed by atoms with Gasteiger partial charge in [-0.3, -0.25) is 9.89 Å². The third-order valence-electron chi connectivity index (χ3n) is 2.84. The van der Waals surface area contributed by atoms with Gasteiger partial charge in [0.2, 0.25) is 0 Å². The Kier molecular flexibility index (Phi) is 4.78. The zero-order valence-corrected chi connectivity index (χ0v) is 13.1. The smallest absolute Gasteiger partial charge is 0.342 e. The number of rotatable bonds is 4. The molecule has 7 heteroatoms. The molecule has 1 heterocycles. The second-order valence-electron chi connectivity index (χ2n) is 6.04. The minimum Gasteiger partial charge on any atom is -0.452 e. The number of hydrogen-bond donors (Lipinski definition) is 2. The van der Waals surface area contributed by atoms with Crippen molar-refractivity contribution in [3.63, 3.8) is 0 Å². The van der Waals surface area contributed by atoms with Crippen molar-refractivity contribution >= 4 is 11.9 Å². The number of benzene rings is 1. The van der Waals surface area contributed by atoms with Crippen molar-refractivity contribution < 1.29 is 18.7 Å². The SMILES string of the molecule is CC(C)(C)NC(=O)COC(=O)c1cn[nH]c1-c1ccc(F)cc1. The second kappa shape index (κ2) is 6.60. The van der Waals surface area contributed by atoms with Crippen LogP contribution < -0.4 is 5.32 Å². The van der Waals surface area contributed by atoms with E-state index in [1.165, 1.54) is 30.5 Å². The molecule has 0 saturated heterocycles. The average Bonchev–Trinajstić information content (AvgIpc) is 2.93.